The fourth-order valence-electron chi connectivity index (χ4n) is 2.00. The molecule has 0 amide bonds. The maximum Gasteiger partial charge on any atom is 0.341 e. The van der Waals surface area contributed by atoms with Gasteiger partial charge in [-0.15, -0.1) is 6.58 Å². The molecule has 25 heavy (non-hydrogen) atoms. The minimum atomic E-state index is -0.702. The summed E-state index contributed by atoms with van der Waals surface area (Å²) in [6.07, 6.45) is 5.38. The molecule has 0 saturated carbocycles. The largest absolute Gasteiger partial charge is 0.508 e. The zero-order valence-electron chi connectivity index (χ0n) is 16.0. The summed E-state index contributed by atoms with van der Waals surface area (Å²) in [5, 5.41) is 28.4. The highest BCUT2D eigenvalue weighted by molar-refractivity contribution is 5.94. The second-order valence-corrected chi connectivity index (χ2v) is 6.43. The van der Waals surface area contributed by atoms with Crippen LogP contribution >= 0.6 is 0 Å². The van der Waals surface area contributed by atoms with Gasteiger partial charge in [0.1, 0.15) is 17.1 Å². The highest BCUT2D eigenvalue weighted by atomic mass is 16.5. The molecule has 0 saturated heterocycles. The summed E-state index contributed by atoms with van der Waals surface area (Å²) in [4.78, 5) is 11.3. The molecule has 1 unspecified atom stereocenters. The lowest BCUT2D eigenvalue weighted by molar-refractivity contribution is 0.0596. The Morgan fingerprint density at radius 2 is 1.88 bits per heavy atom. The van der Waals surface area contributed by atoms with E-state index in [4.69, 9.17) is 0 Å². The van der Waals surface area contributed by atoms with Crippen molar-refractivity contribution in [3.63, 3.8) is 0 Å². The second-order valence-electron chi connectivity index (χ2n) is 6.43. The maximum atomic E-state index is 11.3. The van der Waals surface area contributed by atoms with Crippen LogP contribution in [0.5, 0.6) is 11.5 Å². The average molecular weight is 350 g/mol. The fourth-order valence-corrected chi connectivity index (χ4v) is 2.00. The van der Waals surface area contributed by atoms with E-state index in [1.54, 1.807) is 19.9 Å². The first-order chi connectivity index (χ1) is 11.5. The van der Waals surface area contributed by atoms with Crippen molar-refractivity contribution in [3.05, 3.63) is 47.1 Å². The first kappa shape index (κ1) is 22.7. The summed E-state index contributed by atoms with van der Waals surface area (Å²) in [6, 6.07) is 1.42. The molecule has 140 valence electrons. The average Bonchev–Trinajstić information content (AvgIpc) is 2.52. The fraction of sp³-hybridized carbons (Fsp3) is 0.450. The topological polar surface area (TPSA) is 87.0 Å². The van der Waals surface area contributed by atoms with Gasteiger partial charge in [-0.3, -0.25) is 0 Å². The molecule has 0 fully saturated rings. The van der Waals surface area contributed by atoms with Crippen molar-refractivity contribution >= 4 is 5.97 Å². The number of aliphatic hydroxyl groups is 1. The van der Waals surface area contributed by atoms with Gasteiger partial charge in [-0.2, -0.15) is 0 Å². The number of allylic oxidation sites excluding steroid dienone is 2. The van der Waals surface area contributed by atoms with Gasteiger partial charge < -0.3 is 20.1 Å². The normalized spacial score (nSPS) is 12.3. The van der Waals surface area contributed by atoms with Crippen LogP contribution in [0.1, 0.15) is 55.1 Å². The zero-order valence-corrected chi connectivity index (χ0v) is 16.0. The molecule has 0 aromatic heterocycles. The van der Waals surface area contributed by atoms with Crippen LogP contribution in [0.3, 0.4) is 0 Å². The van der Waals surface area contributed by atoms with Crippen LogP contribution < -0.4 is 0 Å². The number of benzene rings is 1. The quantitative estimate of drug-likeness (QED) is 0.548. The lowest BCUT2D eigenvalue weighted by Crippen LogP contribution is -2.19. The number of esters is 1. The number of aryl methyl sites for hydroxylation is 1. The number of phenols is 2. The molecular weight excluding hydrogens is 320 g/mol. The lowest BCUT2D eigenvalue weighted by atomic mass is 10.00. The van der Waals surface area contributed by atoms with E-state index in [1.165, 1.54) is 25.7 Å². The summed E-state index contributed by atoms with van der Waals surface area (Å²) in [5.41, 5.74) is 1.45. The van der Waals surface area contributed by atoms with Gasteiger partial charge in [0.05, 0.1) is 12.7 Å². The van der Waals surface area contributed by atoms with E-state index in [2.05, 4.69) is 31.2 Å². The van der Waals surface area contributed by atoms with Crippen molar-refractivity contribution < 1.29 is 24.9 Å². The molecule has 5 nitrogen and oxygen atoms in total. The van der Waals surface area contributed by atoms with Crippen molar-refractivity contribution in [1.82, 2.24) is 0 Å². The molecule has 0 bridgehead atoms. The lowest BCUT2D eigenvalue weighted by Gasteiger charge is -2.16. The molecule has 0 aliphatic rings. The van der Waals surface area contributed by atoms with Crippen LogP contribution in [-0.4, -0.2) is 34.0 Å². The predicted octanol–water partition coefficient (Wildman–Crippen LogP) is 4.17. The number of aromatic hydroxyl groups is 2. The van der Waals surface area contributed by atoms with Gasteiger partial charge in [-0.05, 0) is 59.1 Å². The summed E-state index contributed by atoms with van der Waals surface area (Å²) in [5.74, 6) is -0.870. The Morgan fingerprint density at radius 3 is 2.32 bits per heavy atom. The third-order valence-electron chi connectivity index (χ3n) is 3.76. The molecule has 1 rings (SSSR count). The molecule has 3 N–H and O–H groups in total. The van der Waals surface area contributed by atoms with Gasteiger partial charge in [0.15, 0.2) is 0 Å². The number of hydrogen-bond donors (Lipinski definition) is 3. The van der Waals surface area contributed by atoms with Gasteiger partial charge in [0.25, 0.3) is 0 Å². The van der Waals surface area contributed by atoms with E-state index in [0.29, 0.717) is 5.56 Å². The van der Waals surface area contributed by atoms with Crippen molar-refractivity contribution in [1.29, 1.82) is 0 Å². The summed E-state index contributed by atoms with van der Waals surface area (Å²) in [7, 11) is 1.24. The Morgan fingerprint density at radius 1 is 1.32 bits per heavy atom. The monoisotopic (exact) mass is 350 g/mol. The van der Waals surface area contributed by atoms with E-state index < -0.39 is 11.6 Å². The van der Waals surface area contributed by atoms with Crippen LogP contribution in [-0.2, 0) is 4.74 Å². The standard InChI is InChI=1S/C10H12O4.C10H18O/c1-5-4-7(11)6(2)9(12)8(5)10(13)14-3;1-5-10(4,11)8-6-7-9(2)3/h4,11-12H,1-3H3;5,7,11H,1,6,8H2,2-4H3. The summed E-state index contributed by atoms with van der Waals surface area (Å²) < 4.78 is 4.51. The van der Waals surface area contributed by atoms with Gasteiger partial charge in [-0.25, -0.2) is 4.79 Å². The minimum absolute atomic E-state index is 0.0346. The molecule has 0 heterocycles. The minimum Gasteiger partial charge on any atom is -0.508 e. The molecule has 0 spiro atoms. The number of methoxy groups -OCH3 is 1. The Kier molecular flexibility index (Phi) is 8.99. The molecule has 1 aromatic carbocycles. The third-order valence-corrected chi connectivity index (χ3v) is 3.76. The molecular formula is C20H30O5. The molecule has 5 heteroatoms. The van der Waals surface area contributed by atoms with Crippen LogP contribution in [0.2, 0.25) is 0 Å². The smallest absolute Gasteiger partial charge is 0.341 e. The first-order valence-electron chi connectivity index (χ1n) is 8.06. The molecule has 0 radical (unpaired) electrons. The molecule has 0 aliphatic heterocycles. The van der Waals surface area contributed by atoms with Crippen LogP contribution in [0.4, 0.5) is 0 Å². The Labute approximate surface area is 150 Å². The second kappa shape index (κ2) is 9.89. The summed E-state index contributed by atoms with van der Waals surface area (Å²) in [6.45, 7) is 12.6. The third kappa shape index (κ3) is 7.44. The predicted molar refractivity (Wildman–Crippen MR) is 100 cm³/mol. The van der Waals surface area contributed by atoms with Gasteiger partial charge in [0, 0.05) is 5.56 Å². The zero-order chi connectivity index (χ0) is 19.8. The number of carbonyl (C=O) groups excluding carboxylic acids is 1. The van der Waals surface area contributed by atoms with Crippen LogP contribution in [0.25, 0.3) is 0 Å². The number of hydrogen-bond acceptors (Lipinski definition) is 5. The van der Waals surface area contributed by atoms with Gasteiger partial charge in [0.2, 0.25) is 0 Å². The van der Waals surface area contributed by atoms with Crippen molar-refractivity contribution in [2.24, 2.45) is 0 Å². The van der Waals surface area contributed by atoms with Crippen molar-refractivity contribution in [2.75, 3.05) is 7.11 Å². The Hall–Kier alpha value is -2.27. The Balaban J connectivity index is 0.000000477. The maximum absolute atomic E-state index is 11.3. The van der Waals surface area contributed by atoms with E-state index >= 15 is 0 Å². The molecule has 1 atom stereocenters. The van der Waals surface area contributed by atoms with Crippen molar-refractivity contribution in [3.8, 4) is 11.5 Å². The van der Waals surface area contributed by atoms with Crippen LogP contribution in [0, 0.1) is 13.8 Å². The SMILES string of the molecule is C=CC(C)(O)CCC=C(C)C.COC(=O)c1c(C)cc(O)c(C)c1O. The van der Waals surface area contributed by atoms with Gasteiger partial charge >= 0.3 is 5.97 Å². The molecule has 1 aromatic rings. The highest BCUT2D eigenvalue weighted by Crippen LogP contribution is 2.32. The van der Waals surface area contributed by atoms with Gasteiger partial charge in [-0.1, -0.05) is 17.7 Å². The van der Waals surface area contributed by atoms with E-state index in [-0.39, 0.29) is 22.6 Å². The van der Waals surface area contributed by atoms with E-state index in [1.807, 2.05) is 0 Å². The summed E-state index contributed by atoms with van der Waals surface area (Å²) >= 11 is 0. The highest BCUT2D eigenvalue weighted by Gasteiger charge is 2.18. The number of rotatable bonds is 5. The Bertz CT molecular complexity index is 638. The number of phenolic OH excluding ortho intramolecular Hbond substituents is 2. The van der Waals surface area contributed by atoms with Crippen LogP contribution in [0.15, 0.2) is 30.4 Å². The number of carbonyl (C=O) groups is 1. The number of ether oxygens (including phenoxy) is 1. The molecule has 0 aliphatic carbocycles. The first-order valence-corrected chi connectivity index (χ1v) is 8.06. The van der Waals surface area contributed by atoms with Crippen molar-refractivity contribution in [2.45, 2.75) is 53.1 Å². The van der Waals surface area contributed by atoms with E-state index in [0.717, 1.165) is 12.8 Å². The van der Waals surface area contributed by atoms with E-state index in [9.17, 15) is 20.1 Å².